The predicted octanol–water partition coefficient (Wildman–Crippen LogP) is -13.7. The van der Waals surface area contributed by atoms with Crippen LogP contribution < -0.4 is 40.3 Å². The first-order chi connectivity index (χ1) is 14.6. The van der Waals surface area contributed by atoms with Crippen LogP contribution in [0.5, 0.6) is 0 Å². The summed E-state index contributed by atoms with van der Waals surface area (Å²) < 4.78 is 0. The summed E-state index contributed by atoms with van der Waals surface area (Å²) in [6, 6.07) is 0. The van der Waals surface area contributed by atoms with E-state index in [1.54, 1.807) is 0 Å². The third-order valence-corrected chi connectivity index (χ3v) is 1.41. The number of aliphatic hydroxyl groups is 2. The molecule has 0 aromatic rings. The molecule has 0 saturated carbocycles. The normalized spacial score (nSPS) is 7.97. The van der Waals surface area contributed by atoms with Gasteiger partial charge in [-0.05, 0) is 0 Å². The Balaban J connectivity index is -0.0000000463. The monoisotopic (exact) mass is 559 g/mol. The standard InChI is InChI=1S/C6H8O7.C2H7NO.3BH3O3.BH2O3.ClH.Na/c7-3(8)1-6(13,5(11)12)2-4(9)10;3-1-2-4;4*2-1(3)4;;/h13H,1-2H2,(H,7,8)(H,9,10)(H,11,12);4H,1-3H2;3*2-4H;2-3H;1H;/q;;;;;-1;;+1. The van der Waals surface area contributed by atoms with E-state index in [1.165, 1.54) is 0 Å². The second kappa shape index (κ2) is 37.9. The van der Waals surface area contributed by atoms with Gasteiger partial charge in [0.05, 0.1) is 19.4 Å². The van der Waals surface area contributed by atoms with Gasteiger partial charge in [-0.25, -0.2) is 4.79 Å². The molecule has 204 valence electrons. The van der Waals surface area contributed by atoms with Crippen molar-refractivity contribution in [2.24, 2.45) is 5.73 Å². The quantitative estimate of drug-likeness (QED) is 0.134. The van der Waals surface area contributed by atoms with Crippen molar-refractivity contribution in [1.29, 1.82) is 0 Å². The zero-order chi connectivity index (χ0) is 28.4. The summed E-state index contributed by atoms with van der Waals surface area (Å²) in [5, 5.41) is 129. The van der Waals surface area contributed by atoms with Crippen molar-refractivity contribution in [1.82, 2.24) is 0 Å². The van der Waals surface area contributed by atoms with Crippen LogP contribution in [0.2, 0.25) is 0 Å². The molecule has 0 aliphatic carbocycles. The fourth-order valence-corrected chi connectivity index (χ4v) is 0.714. The molecule has 18 N–H and O–H groups in total. The van der Waals surface area contributed by atoms with E-state index < -0.39 is 65.6 Å². The van der Waals surface area contributed by atoms with Crippen LogP contribution in [0.25, 0.3) is 0 Å². The van der Waals surface area contributed by atoms with Gasteiger partial charge in [-0.3, -0.25) is 9.59 Å². The molecule has 0 aromatic heterocycles. The number of hydrogen-bond donors (Lipinski definition) is 17. The molecule has 0 aromatic carbocycles. The summed E-state index contributed by atoms with van der Waals surface area (Å²) in [5.41, 5.74) is 2.04. The molecule has 21 nitrogen and oxygen atoms in total. The molecule has 0 aliphatic heterocycles. The van der Waals surface area contributed by atoms with E-state index >= 15 is 0 Å². The fourth-order valence-electron chi connectivity index (χ4n) is 0.714. The number of hydrogen-bond acceptors (Lipinski definition) is 18. The van der Waals surface area contributed by atoms with Gasteiger partial charge in [-0.2, -0.15) is 0 Å². The first kappa shape index (κ1) is 55.0. The number of halogens is 1. The van der Waals surface area contributed by atoms with Gasteiger partial charge in [0.15, 0.2) is 5.60 Å². The average Bonchev–Trinajstić information content (AvgIpc) is 2.51. The van der Waals surface area contributed by atoms with Gasteiger partial charge in [0.25, 0.3) is 0 Å². The minimum atomic E-state index is -2.74. The van der Waals surface area contributed by atoms with Crippen LogP contribution in [0.1, 0.15) is 12.8 Å². The third kappa shape index (κ3) is 123. The van der Waals surface area contributed by atoms with Crippen molar-refractivity contribution in [2.75, 3.05) is 13.2 Å². The summed E-state index contributed by atoms with van der Waals surface area (Å²) in [4.78, 5) is 30.5. The summed E-state index contributed by atoms with van der Waals surface area (Å²) in [6.07, 6.45) is -2.29. The fraction of sp³-hybridized carbons (Fsp3) is 0.625. The second-order valence-electron chi connectivity index (χ2n) is 4.36. The van der Waals surface area contributed by atoms with Crippen molar-refractivity contribution in [3.63, 3.8) is 0 Å². The Morgan fingerprint density at radius 2 is 0.857 bits per heavy atom. The Hall–Kier alpha value is -0.640. The number of carbonyl (C=O) groups is 3. The van der Waals surface area contributed by atoms with Gasteiger partial charge in [0.2, 0.25) is 0 Å². The Morgan fingerprint density at radius 3 is 0.914 bits per heavy atom. The van der Waals surface area contributed by atoms with Gasteiger partial charge in [0, 0.05) is 6.54 Å². The van der Waals surface area contributed by atoms with E-state index in [4.69, 9.17) is 91.6 Å². The van der Waals surface area contributed by atoms with Crippen molar-refractivity contribution in [3.8, 4) is 0 Å². The smallest absolute Gasteiger partial charge is 0.832 e. The number of aliphatic hydroxyl groups excluding tert-OH is 1. The van der Waals surface area contributed by atoms with Crippen molar-refractivity contribution >= 4 is 59.6 Å². The molecule has 0 fully saturated rings. The van der Waals surface area contributed by atoms with Crippen LogP contribution in [-0.2, 0) is 14.4 Å². The second-order valence-corrected chi connectivity index (χ2v) is 4.36. The first-order valence-corrected chi connectivity index (χ1v) is 7.47. The molecular formula is C8H27B4ClNNaO20. The van der Waals surface area contributed by atoms with Gasteiger partial charge < -0.3 is 91.6 Å². The van der Waals surface area contributed by atoms with Crippen LogP contribution >= 0.6 is 12.4 Å². The van der Waals surface area contributed by atoms with Crippen molar-refractivity contribution < 1.29 is 130 Å². The molecular weight excluding hydrogens is 532 g/mol. The van der Waals surface area contributed by atoms with Crippen LogP contribution in [0, 0.1) is 0 Å². The van der Waals surface area contributed by atoms with E-state index in [1.807, 2.05) is 0 Å². The number of carboxylic acids is 3. The molecule has 0 amide bonds. The van der Waals surface area contributed by atoms with Crippen molar-refractivity contribution in [3.05, 3.63) is 0 Å². The molecule has 0 spiro atoms. The Labute approximate surface area is 226 Å². The Bertz CT molecular complexity index is 412. The van der Waals surface area contributed by atoms with E-state index in [0.29, 0.717) is 6.54 Å². The topological polar surface area (TPSA) is 424 Å². The Morgan fingerprint density at radius 1 is 0.714 bits per heavy atom. The molecule has 0 atom stereocenters. The number of carboxylic acid groups (broad SMARTS) is 3. The number of nitrogens with two attached hydrogens (primary N) is 1. The van der Waals surface area contributed by atoms with Crippen LogP contribution in [0.4, 0.5) is 0 Å². The SMILES string of the molecule is Cl.NCCO.O=C(O)CC(O)(CC(=O)O)C(=O)O.OB(O)O.OB(O)O.OB(O)O.[Na+].[O-]B(O)O. The van der Waals surface area contributed by atoms with Crippen LogP contribution in [0.3, 0.4) is 0 Å². The molecule has 0 bridgehead atoms. The largest absolute Gasteiger partial charge is 1.00 e. The Kier molecular flexibility index (Phi) is 59.6. The summed E-state index contributed by atoms with van der Waals surface area (Å²) in [7, 11) is -8.92. The van der Waals surface area contributed by atoms with Gasteiger partial charge >= 0.3 is 76.8 Å². The summed E-state index contributed by atoms with van der Waals surface area (Å²) in [6.45, 7) is 0.472. The van der Waals surface area contributed by atoms with E-state index in [9.17, 15) is 14.4 Å². The molecule has 0 aliphatic rings. The van der Waals surface area contributed by atoms with E-state index in [0.717, 1.165) is 0 Å². The van der Waals surface area contributed by atoms with Gasteiger partial charge in [-0.15, -0.1) is 12.4 Å². The molecule has 0 rings (SSSR count). The molecule has 0 saturated heterocycles. The third-order valence-electron chi connectivity index (χ3n) is 1.41. The number of aliphatic carboxylic acids is 3. The molecule has 27 heteroatoms. The van der Waals surface area contributed by atoms with Gasteiger partial charge in [0.1, 0.15) is 0 Å². The van der Waals surface area contributed by atoms with Crippen LogP contribution in [-0.4, -0.2) is 147 Å². The minimum Gasteiger partial charge on any atom is -0.832 e. The first-order valence-electron chi connectivity index (χ1n) is 7.47. The number of rotatable bonds is 6. The average molecular weight is 559 g/mol. The molecule has 0 radical (unpaired) electrons. The summed E-state index contributed by atoms with van der Waals surface area (Å²) >= 11 is 0. The van der Waals surface area contributed by atoms with E-state index in [-0.39, 0.29) is 48.6 Å². The molecule has 0 heterocycles. The zero-order valence-corrected chi connectivity index (χ0v) is 20.7. The van der Waals surface area contributed by atoms with E-state index in [2.05, 4.69) is 0 Å². The van der Waals surface area contributed by atoms with Gasteiger partial charge in [-0.1, -0.05) is 0 Å². The van der Waals surface area contributed by atoms with Crippen molar-refractivity contribution in [2.45, 2.75) is 18.4 Å². The molecule has 35 heavy (non-hydrogen) atoms. The van der Waals surface area contributed by atoms with Crippen LogP contribution in [0.15, 0.2) is 0 Å². The maximum absolute atomic E-state index is 10.3. The summed E-state index contributed by atoms with van der Waals surface area (Å²) in [5.74, 6) is -5.02. The maximum atomic E-state index is 10.3. The zero-order valence-electron chi connectivity index (χ0n) is 17.9. The maximum Gasteiger partial charge on any atom is 1.00 e. The molecule has 0 unspecified atom stereocenters. The minimum absolute atomic E-state index is 0. The predicted molar refractivity (Wildman–Crippen MR) is 108 cm³/mol.